The molecule has 2 amide bonds. The van der Waals surface area contributed by atoms with Crippen molar-refractivity contribution in [2.75, 3.05) is 5.32 Å². The van der Waals surface area contributed by atoms with Gasteiger partial charge >= 0.3 is 12.4 Å². The molecule has 194 valence electrons. The number of nitrogens with one attached hydrogen (secondary N) is 1. The van der Waals surface area contributed by atoms with Crippen molar-refractivity contribution in [2.24, 2.45) is 12.8 Å². The van der Waals surface area contributed by atoms with Crippen LogP contribution in [0.2, 0.25) is 5.02 Å². The second-order valence-corrected chi connectivity index (χ2v) is 9.23. The van der Waals surface area contributed by atoms with Crippen LogP contribution in [0.15, 0.2) is 30.3 Å². The van der Waals surface area contributed by atoms with Gasteiger partial charge in [-0.05, 0) is 24.1 Å². The van der Waals surface area contributed by atoms with E-state index in [1.54, 1.807) is 19.1 Å². The second kappa shape index (κ2) is 9.03. The average Bonchev–Trinajstić information content (AvgIpc) is 3.29. The summed E-state index contributed by atoms with van der Waals surface area (Å²) >= 11 is 6.28. The van der Waals surface area contributed by atoms with Crippen molar-refractivity contribution in [3.8, 4) is 11.1 Å². The zero-order valence-corrected chi connectivity index (χ0v) is 20.2. The summed E-state index contributed by atoms with van der Waals surface area (Å²) in [5.41, 5.74) is 2.69. The Hall–Kier alpha value is -3.65. The number of aryl methyl sites for hydroxylation is 2. The van der Waals surface area contributed by atoms with E-state index < -0.39 is 46.3 Å². The zero-order chi connectivity index (χ0) is 27.4. The first-order chi connectivity index (χ1) is 17.1. The number of aromatic nitrogens is 3. The fraction of sp³-hybridized carbons (Fsp3) is 0.182. The number of carbonyl (C=O) groups is 2. The maximum Gasteiger partial charge on any atom is 0.434 e. The number of hydrogen-bond donors (Lipinski definition) is 2. The van der Waals surface area contributed by atoms with Gasteiger partial charge in [-0.2, -0.15) is 31.4 Å². The number of nitrogens with zero attached hydrogens (tertiary/aromatic N) is 3. The van der Waals surface area contributed by atoms with E-state index in [0.717, 1.165) is 18.7 Å². The molecule has 0 saturated heterocycles. The molecule has 7 nitrogen and oxygen atoms in total. The Morgan fingerprint density at radius 1 is 1.08 bits per heavy atom. The lowest BCUT2D eigenvalue weighted by Gasteiger charge is -2.12. The van der Waals surface area contributed by atoms with Crippen LogP contribution >= 0.6 is 22.9 Å². The smallest absolute Gasteiger partial charge is 0.365 e. The standard InChI is InChI=1S/C22H14ClF6N5O2S/c1-8-3-5-9(6-4-8)10-7-11(21(24,25)26)31-20-12(10)14(16(37-20)18(30)35)32-19(36)15-13(23)17(22(27,28)29)34(2)33-15/h3-7H,1-2H3,(H2,30,35)(H,32,36). The monoisotopic (exact) mass is 561 g/mol. The summed E-state index contributed by atoms with van der Waals surface area (Å²) in [6.45, 7) is 1.76. The van der Waals surface area contributed by atoms with Crippen LogP contribution in [0.5, 0.6) is 0 Å². The molecule has 4 rings (SSSR count). The highest BCUT2D eigenvalue weighted by Crippen LogP contribution is 2.44. The topological polar surface area (TPSA) is 103 Å². The fourth-order valence-electron chi connectivity index (χ4n) is 3.62. The summed E-state index contributed by atoms with van der Waals surface area (Å²) in [5, 5.41) is 4.73. The fourth-order valence-corrected chi connectivity index (χ4v) is 4.98. The molecule has 0 unspecified atom stereocenters. The van der Waals surface area contributed by atoms with Crippen LogP contribution in [0.1, 0.15) is 37.1 Å². The van der Waals surface area contributed by atoms with E-state index in [2.05, 4.69) is 15.4 Å². The lowest BCUT2D eigenvalue weighted by molar-refractivity contribution is -0.143. The van der Waals surface area contributed by atoms with Gasteiger partial charge in [-0.1, -0.05) is 41.4 Å². The molecule has 37 heavy (non-hydrogen) atoms. The van der Waals surface area contributed by atoms with Gasteiger partial charge in [-0.3, -0.25) is 14.3 Å². The number of hydrogen-bond acceptors (Lipinski definition) is 5. The van der Waals surface area contributed by atoms with Crippen LogP contribution in [-0.2, 0) is 19.4 Å². The minimum atomic E-state index is -4.93. The highest BCUT2D eigenvalue weighted by molar-refractivity contribution is 7.21. The molecule has 0 aliphatic carbocycles. The molecule has 0 atom stereocenters. The maximum atomic E-state index is 13.6. The molecule has 15 heteroatoms. The largest absolute Gasteiger partial charge is 0.434 e. The molecule has 0 spiro atoms. The molecular weight excluding hydrogens is 548 g/mol. The van der Waals surface area contributed by atoms with Gasteiger partial charge in [0.15, 0.2) is 11.4 Å². The number of primary amides is 1. The average molecular weight is 562 g/mol. The number of pyridine rings is 1. The summed E-state index contributed by atoms with van der Waals surface area (Å²) < 4.78 is 81.1. The first-order valence-corrected chi connectivity index (χ1v) is 11.3. The normalized spacial score (nSPS) is 12.2. The van der Waals surface area contributed by atoms with E-state index in [1.807, 2.05) is 0 Å². The SMILES string of the molecule is Cc1ccc(-c2cc(C(F)(F)F)nc3sc(C(N)=O)c(NC(=O)c4nn(C)c(C(F)(F)F)c4Cl)c23)cc1. The number of alkyl halides is 6. The number of benzene rings is 1. The van der Waals surface area contributed by atoms with E-state index in [1.165, 1.54) is 12.1 Å². The van der Waals surface area contributed by atoms with Crippen LogP contribution in [-0.4, -0.2) is 26.6 Å². The number of carbonyl (C=O) groups excluding carboxylic acids is 2. The van der Waals surface area contributed by atoms with Crippen molar-refractivity contribution in [2.45, 2.75) is 19.3 Å². The second-order valence-electron chi connectivity index (χ2n) is 7.86. The third kappa shape index (κ3) is 4.85. The summed E-state index contributed by atoms with van der Waals surface area (Å²) in [5.74, 6) is -2.35. The Kier molecular flexibility index (Phi) is 6.44. The number of fused-ring (bicyclic) bond motifs is 1. The van der Waals surface area contributed by atoms with Gasteiger partial charge in [-0.15, -0.1) is 11.3 Å². The van der Waals surface area contributed by atoms with E-state index in [0.29, 0.717) is 21.6 Å². The highest BCUT2D eigenvalue weighted by Gasteiger charge is 2.40. The van der Waals surface area contributed by atoms with E-state index >= 15 is 0 Å². The van der Waals surface area contributed by atoms with Gasteiger partial charge in [0.1, 0.15) is 20.4 Å². The zero-order valence-electron chi connectivity index (χ0n) is 18.7. The molecule has 0 aliphatic heterocycles. The van der Waals surface area contributed by atoms with Gasteiger partial charge in [0.2, 0.25) is 0 Å². The Balaban J connectivity index is 1.96. The van der Waals surface area contributed by atoms with Crippen molar-refractivity contribution >= 4 is 50.7 Å². The molecule has 3 N–H and O–H groups in total. The van der Waals surface area contributed by atoms with Gasteiger partial charge in [0.05, 0.1) is 5.69 Å². The lowest BCUT2D eigenvalue weighted by Crippen LogP contribution is -2.17. The van der Waals surface area contributed by atoms with Crippen LogP contribution < -0.4 is 11.1 Å². The summed E-state index contributed by atoms with van der Waals surface area (Å²) in [6.07, 6.45) is -9.77. The lowest BCUT2D eigenvalue weighted by atomic mass is 10.00. The number of nitrogens with two attached hydrogens (primary N) is 1. The molecule has 0 radical (unpaired) electrons. The molecule has 3 aromatic heterocycles. The van der Waals surface area contributed by atoms with Gasteiger partial charge in [0, 0.05) is 12.4 Å². The predicted octanol–water partition coefficient (Wildman–Crippen LogP) is 6.05. The van der Waals surface area contributed by atoms with Gasteiger partial charge in [-0.25, -0.2) is 4.98 Å². The Morgan fingerprint density at radius 3 is 2.22 bits per heavy atom. The Morgan fingerprint density at radius 2 is 1.70 bits per heavy atom. The van der Waals surface area contributed by atoms with Gasteiger partial charge < -0.3 is 11.1 Å². The minimum absolute atomic E-state index is 0.0422. The molecule has 0 aliphatic rings. The quantitative estimate of drug-likeness (QED) is 0.296. The minimum Gasteiger partial charge on any atom is -0.365 e. The molecule has 4 aromatic rings. The van der Waals surface area contributed by atoms with Crippen LogP contribution in [0.25, 0.3) is 21.3 Å². The number of halogens is 7. The van der Waals surface area contributed by atoms with Crippen LogP contribution in [0.3, 0.4) is 0 Å². The van der Waals surface area contributed by atoms with E-state index in [-0.39, 0.29) is 26.3 Å². The molecule has 0 saturated carbocycles. The van der Waals surface area contributed by atoms with Crippen molar-refractivity contribution < 1.29 is 35.9 Å². The molecule has 0 fully saturated rings. The highest BCUT2D eigenvalue weighted by atomic mass is 35.5. The van der Waals surface area contributed by atoms with Crippen molar-refractivity contribution in [3.05, 3.63) is 62.9 Å². The third-order valence-electron chi connectivity index (χ3n) is 5.25. The summed E-state index contributed by atoms with van der Waals surface area (Å²) in [4.78, 5) is 28.1. The number of amides is 2. The molecule has 0 bridgehead atoms. The third-order valence-corrected chi connectivity index (χ3v) is 6.71. The summed E-state index contributed by atoms with van der Waals surface area (Å²) in [6, 6.07) is 7.09. The van der Waals surface area contributed by atoms with Crippen LogP contribution in [0.4, 0.5) is 32.0 Å². The van der Waals surface area contributed by atoms with Crippen molar-refractivity contribution in [1.82, 2.24) is 14.8 Å². The molecule has 3 heterocycles. The summed E-state index contributed by atoms with van der Waals surface area (Å²) in [7, 11) is 0.929. The van der Waals surface area contributed by atoms with Crippen molar-refractivity contribution in [3.63, 3.8) is 0 Å². The Labute approximate surface area is 212 Å². The van der Waals surface area contributed by atoms with E-state index in [4.69, 9.17) is 17.3 Å². The predicted molar refractivity (Wildman–Crippen MR) is 124 cm³/mol. The number of anilines is 1. The molecular formula is C22H14ClF6N5O2S. The number of thiophene rings is 1. The Bertz CT molecular complexity index is 1560. The van der Waals surface area contributed by atoms with Crippen LogP contribution in [0, 0.1) is 6.92 Å². The first-order valence-electron chi connectivity index (χ1n) is 10.1. The first kappa shape index (κ1) is 26.4. The maximum absolute atomic E-state index is 13.6. The van der Waals surface area contributed by atoms with Crippen molar-refractivity contribution in [1.29, 1.82) is 0 Å². The number of rotatable bonds is 4. The van der Waals surface area contributed by atoms with E-state index in [9.17, 15) is 35.9 Å². The van der Waals surface area contributed by atoms with Gasteiger partial charge in [0.25, 0.3) is 11.8 Å². The molecule has 1 aromatic carbocycles.